The van der Waals surface area contributed by atoms with Gasteiger partial charge >= 0.3 is 0 Å². The van der Waals surface area contributed by atoms with Crippen LogP contribution in [0.25, 0.3) is 0 Å². The van der Waals surface area contributed by atoms with E-state index in [0.29, 0.717) is 0 Å². The van der Waals surface area contributed by atoms with Gasteiger partial charge in [-0.2, -0.15) is 11.8 Å². The van der Waals surface area contributed by atoms with Crippen molar-refractivity contribution in [1.82, 2.24) is 20.2 Å². The lowest BCUT2D eigenvalue weighted by Crippen LogP contribution is -2.07. The van der Waals surface area contributed by atoms with Crippen molar-refractivity contribution in [2.75, 3.05) is 12.0 Å². The summed E-state index contributed by atoms with van der Waals surface area (Å²) in [6.07, 6.45) is 2.05. The highest BCUT2D eigenvalue weighted by molar-refractivity contribution is 7.98. The van der Waals surface area contributed by atoms with Crippen molar-refractivity contribution in [3.05, 3.63) is 5.82 Å². The number of aryl methyl sites for hydroxylation is 1. The summed E-state index contributed by atoms with van der Waals surface area (Å²) in [5, 5.41) is 11.1. The number of rotatable bonds is 4. The molecule has 1 aromatic heterocycles. The number of hydrogen-bond acceptors (Lipinski definition) is 4. The van der Waals surface area contributed by atoms with Gasteiger partial charge in [0.2, 0.25) is 0 Å². The van der Waals surface area contributed by atoms with Gasteiger partial charge in [-0.25, -0.2) is 4.68 Å². The summed E-state index contributed by atoms with van der Waals surface area (Å²) in [4.78, 5) is 0. The lowest BCUT2D eigenvalue weighted by atomic mass is 10.4. The molecular weight excluding hydrogens is 196 g/mol. The summed E-state index contributed by atoms with van der Waals surface area (Å²) in [5.41, 5.74) is 0. The van der Waals surface area contributed by atoms with Gasteiger partial charge in [0.05, 0.1) is 11.9 Å². The van der Waals surface area contributed by atoms with Crippen LogP contribution < -0.4 is 0 Å². The summed E-state index contributed by atoms with van der Waals surface area (Å²) < 4.78 is 1.74. The molecule has 1 heterocycles. The number of nitrogens with zero attached hydrogens (tertiary/aromatic N) is 4. The first kappa shape index (κ1) is 9.80. The molecule has 0 radical (unpaired) electrons. The van der Waals surface area contributed by atoms with E-state index in [-0.39, 0.29) is 5.38 Å². The van der Waals surface area contributed by atoms with Crippen LogP contribution >= 0.6 is 23.4 Å². The van der Waals surface area contributed by atoms with Gasteiger partial charge in [-0.3, -0.25) is 0 Å². The molecular formula is C6H11ClN4S. The zero-order chi connectivity index (χ0) is 8.97. The van der Waals surface area contributed by atoms with E-state index in [1.807, 2.05) is 13.2 Å². The molecule has 0 spiro atoms. The molecule has 0 aliphatic heterocycles. The molecule has 6 heteroatoms. The predicted octanol–water partition coefficient (Wildman–Crippen LogP) is 1.34. The predicted molar refractivity (Wildman–Crippen MR) is 50.5 cm³/mol. The second-order valence-electron chi connectivity index (χ2n) is 2.37. The van der Waals surface area contributed by atoms with Crippen molar-refractivity contribution in [1.29, 1.82) is 0 Å². The van der Waals surface area contributed by atoms with E-state index in [1.165, 1.54) is 0 Å². The number of halogens is 1. The van der Waals surface area contributed by atoms with E-state index in [0.717, 1.165) is 18.1 Å². The zero-order valence-corrected chi connectivity index (χ0v) is 8.64. The van der Waals surface area contributed by atoms with E-state index < -0.39 is 0 Å². The highest BCUT2D eigenvalue weighted by Gasteiger charge is 2.10. The van der Waals surface area contributed by atoms with E-state index in [2.05, 4.69) is 15.5 Å². The molecule has 0 fully saturated rings. The summed E-state index contributed by atoms with van der Waals surface area (Å²) in [6.45, 7) is 2.68. The smallest absolute Gasteiger partial charge is 0.168 e. The molecule has 1 unspecified atom stereocenters. The Balaban J connectivity index is 2.64. The summed E-state index contributed by atoms with van der Waals surface area (Å²) >= 11 is 7.62. The van der Waals surface area contributed by atoms with E-state index >= 15 is 0 Å². The number of alkyl halides is 1. The highest BCUT2D eigenvalue weighted by Crippen LogP contribution is 2.15. The molecule has 0 amide bonds. The van der Waals surface area contributed by atoms with E-state index in [4.69, 9.17) is 11.6 Å². The molecule has 68 valence electrons. The summed E-state index contributed by atoms with van der Waals surface area (Å²) in [6, 6.07) is 0. The molecule has 0 saturated heterocycles. The molecule has 0 aliphatic rings. The van der Waals surface area contributed by atoms with Gasteiger partial charge in [-0.1, -0.05) is 0 Å². The van der Waals surface area contributed by atoms with Crippen LogP contribution in [-0.2, 0) is 6.54 Å². The van der Waals surface area contributed by atoms with Crippen LogP contribution in [0.15, 0.2) is 0 Å². The lowest BCUT2D eigenvalue weighted by Gasteiger charge is -2.03. The Hall–Kier alpha value is -0.290. The normalized spacial score (nSPS) is 13.2. The van der Waals surface area contributed by atoms with Crippen molar-refractivity contribution in [2.24, 2.45) is 0 Å². The average molecular weight is 207 g/mol. The number of aromatic nitrogens is 4. The Bertz CT molecular complexity index is 237. The molecule has 4 nitrogen and oxygen atoms in total. The van der Waals surface area contributed by atoms with Gasteiger partial charge in [0.1, 0.15) is 0 Å². The summed E-state index contributed by atoms with van der Waals surface area (Å²) in [7, 11) is 0. The molecule has 1 atom stereocenters. The molecule has 0 aliphatic carbocycles. The van der Waals surface area contributed by atoms with Gasteiger partial charge < -0.3 is 0 Å². The second-order valence-corrected chi connectivity index (χ2v) is 4.01. The van der Waals surface area contributed by atoms with Gasteiger partial charge in [0.25, 0.3) is 0 Å². The first-order valence-corrected chi connectivity index (χ1v) is 5.47. The Labute approximate surface area is 80.7 Å². The lowest BCUT2D eigenvalue weighted by molar-refractivity contribution is 0.602. The van der Waals surface area contributed by atoms with Crippen molar-refractivity contribution < 1.29 is 0 Å². The first-order chi connectivity index (χ1) is 5.75. The maximum absolute atomic E-state index is 5.86. The molecule has 0 N–H and O–H groups in total. The molecule has 0 aromatic carbocycles. The minimum atomic E-state index is -0.123. The third-order valence-electron chi connectivity index (χ3n) is 1.42. The molecule has 0 bridgehead atoms. The van der Waals surface area contributed by atoms with Crippen LogP contribution in [0.3, 0.4) is 0 Å². The average Bonchev–Trinajstić information content (AvgIpc) is 2.48. The third-order valence-corrected chi connectivity index (χ3v) is 2.21. The largest absolute Gasteiger partial charge is 0.227 e. The molecule has 1 aromatic rings. The van der Waals surface area contributed by atoms with Crippen molar-refractivity contribution in [3.63, 3.8) is 0 Å². The number of tetrazole rings is 1. The fraction of sp³-hybridized carbons (Fsp3) is 0.833. The Morgan fingerprint density at radius 1 is 1.67 bits per heavy atom. The van der Waals surface area contributed by atoms with Crippen molar-refractivity contribution >= 4 is 23.4 Å². The SMILES string of the molecule is CSCCn1nnnc1C(C)Cl. The maximum Gasteiger partial charge on any atom is 0.168 e. The van der Waals surface area contributed by atoms with Crippen LogP contribution in [0.1, 0.15) is 18.1 Å². The van der Waals surface area contributed by atoms with Crippen LogP contribution in [0.2, 0.25) is 0 Å². The van der Waals surface area contributed by atoms with Crippen LogP contribution in [0.5, 0.6) is 0 Å². The topological polar surface area (TPSA) is 43.6 Å². The van der Waals surface area contributed by atoms with Crippen LogP contribution in [-0.4, -0.2) is 32.2 Å². The Morgan fingerprint density at radius 2 is 2.42 bits per heavy atom. The monoisotopic (exact) mass is 206 g/mol. The van der Waals surface area contributed by atoms with Crippen LogP contribution in [0, 0.1) is 0 Å². The van der Waals surface area contributed by atoms with Gasteiger partial charge in [0.15, 0.2) is 5.82 Å². The standard InChI is InChI=1S/C6H11ClN4S/c1-5(7)6-8-9-10-11(6)3-4-12-2/h5H,3-4H2,1-2H3. The fourth-order valence-electron chi connectivity index (χ4n) is 0.833. The quantitative estimate of drug-likeness (QED) is 0.698. The van der Waals surface area contributed by atoms with Gasteiger partial charge in [0, 0.05) is 5.75 Å². The number of thioether (sulfide) groups is 1. The fourth-order valence-corrected chi connectivity index (χ4v) is 1.35. The van der Waals surface area contributed by atoms with Crippen molar-refractivity contribution in [3.8, 4) is 0 Å². The van der Waals surface area contributed by atoms with Crippen molar-refractivity contribution in [2.45, 2.75) is 18.8 Å². The minimum absolute atomic E-state index is 0.123. The van der Waals surface area contributed by atoms with Crippen LogP contribution in [0.4, 0.5) is 0 Å². The third kappa shape index (κ3) is 2.35. The Morgan fingerprint density at radius 3 is 3.00 bits per heavy atom. The molecule has 12 heavy (non-hydrogen) atoms. The van der Waals surface area contributed by atoms with E-state index in [9.17, 15) is 0 Å². The maximum atomic E-state index is 5.86. The highest BCUT2D eigenvalue weighted by atomic mass is 35.5. The number of hydrogen-bond donors (Lipinski definition) is 0. The zero-order valence-electron chi connectivity index (χ0n) is 7.07. The van der Waals surface area contributed by atoms with Gasteiger partial charge in [-0.15, -0.1) is 16.7 Å². The minimum Gasteiger partial charge on any atom is -0.227 e. The summed E-state index contributed by atoms with van der Waals surface area (Å²) in [5.74, 6) is 1.74. The second kappa shape index (κ2) is 4.67. The Kier molecular flexibility index (Phi) is 3.81. The van der Waals surface area contributed by atoms with Gasteiger partial charge in [-0.05, 0) is 23.6 Å². The molecule has 1 rings (SSSR count). The first-order valence-electron chi connectivity index (χ1n) is 3.64. The van der Waals surface area contributed by atoms with E-state index in [1.54, 1.807) is 16.4 Å². The molecule has 0 saturated carbocycles.